The highest BCUT2D eigenvalue weighted by molar-refractivity contribution is 6.31. The third-order valence-corrected chi connectivity index (χ3v) is 3.93. The van der Waals surface area contributed by atoms with Crippen molar-refractivity contribution in [3.05, 3.63) is 64.3 Å². The van der Waals surface area contributed by atoms with Crippen molar-refractivity contribution < 1.29 is 9.53 Å². The molecule has 2 aromatic carbocycles. The van der Waals surface area contributed by atoms with Gasteiger partial charge in [-0.1, -0.05) is 29.3 Å². The quantitative estimate of drug-likeness (QED) is 0.615. The maximum atomic E-state index is 12.2. The average Bonchev–Trinajstić information content (AvgIpc) is 2.60. The van der Waals surface area contributed by atoms with Crippen LogP contribution in [-0.2, 0) is 4.79 Å². The molecule has 0 aliphatic heterocycles. The number of hydrogen-bond donors (Lipinski definition) is 2. The predicted octanol–water partition coefficient (Wildman–Crippen LogP) is 4.42. The molecule has 2 N–H and O–H groups in total. The summed E-state index contributed by atoms with van der Waals surface area (Å²) in [6.45, 7) is 3.81. The Morgan fingerprint density at radius 2 is 1.92 bits per heavy atom. The molecule has 0 spiro atoms. The van der Waals surface area contributed by atoms with Gasteiger partial charge in [-0.2, -0.15) is 5.26 Å². The van der Waals surface area contributed by atoms with Crippen LogP contribution in [0, 0.1) is 25.2 Å². The highest BCUT2D eigenvalue weighted by atomic mass is 35.5. The number of nitrogens with one attached hydrogen (secondary N) is 2. The summed E-state index contributed by atoms with van der Waals surface area (Å²) in [5.41, 5.74) is 3.11. The Hall–Kier alpha value is -2.97. The highest BCUT2D eigenvalue weighted by Crippen LogP contribution is 2.31. The van der Waals surface area contributed by atoms with Gasteiger partial charge in [-0.3, -0.25) is 4.79 Å². The van der Waals surface area contributed by atoms with Crippen LogP contribution in [0.1, 0.15) is 11.1 Å². The summed E-state index contributed by atoms with van der Waals surface area (Å²) in [5, 5.41) is 15.4. The molecule has 6 heteroatoms. The number of aryl methyl sites for hydroxylation is 2. The summed E-state index contributed by atoms with van der Waals surface area (Å²) in [4.78, 5) is 12.2. The lowest BCUT2D eigenvalue weighted by Gasteiger charge is -2.11. The van der Waals surface area contributed by atoms with E-state index in [4.69, 9.17) is 16.3 Å². The third kappa shape index (κ3) is 4.75. The molecule has 0 aliphatic rings. The molecular weight excluding hydrogens is 338 g/mol. The second-order valence-corrected chi connectivity index (χ2v) is 5.84. The molecule has 0 fully saturated rings. The smallest absolute Gasteiger partial charge is 0.267 e. The zero-order chi connectivity index (χ0) is 18.4. The van der Waals surface area contributed by atoms with Crippen molar-refractivity contribution in [1.82, 2.24) is 0 Å². The minimum Gasteiger partial charge on any atom is -0.495 e. The number of nitriles is 1. The molecular formula is C19H18ClN3O2. The first-order valence-corrected chi connectivity index (χ1v) is 7.91. The van der Waals surface area contributed by atoms with Crippen LogP contribution >= 0.6 is 11.6 Å². The van der Waals surface area contributed by atoms with Gasteiger partial charge >= 0.3 is 0 Å². The summed E-state index contributed by atoms with van der Waals surface area (Å²) in [5.74, 6) is 0.0200. The van der Waals surface area contributed by atoms with Crippen LogP contribution in [0.5, 0.6) is 5.75 Å². The second kappa shape index (κ2) is 8.22. The van der Waals surface area contributed by atoms with Crippen molar-refractivity contribution in [3.63, 3.8) is 0 Å². The van der Waals surface area contributed by atoms with Gasteiger partial charge in [0.25, 0.3) is 5.91 Å². The van der Waals surface area contributed by atoms with Crippen LogP contribution in [0.25, 0.3) is 0 Å². The Balaban J connectivity index is 2.17. The van der Waals surface area contributed by atoms with E-state index in [0.29, 0.717) is 22.1 Å². The molecule has 1 amide bonds. The molecule has 0 atom stereocenters. The summed E-state index contributed by atoms with van der Waals surface area (Å²) >= 11 is 6.07. The monoisotopic (exact) mass is 355 g/mol. The van der Waals surface area contributed by atoms with Crippen LogP contribution < -0.4 is 15.4 Å². The number of amides is 1. The van der Waals surface area contributed by atoms with Gasteiger partial charge in [-0.15, -0.1) is 0 Å². The second-order valence-electron chi connectivity index (χ2n) is 5.44. The highest BCUT2D eigenvalue weighted by Gasteiger charge is 2.11. The fraction of sp³-hybridized carbons (Fsp3) is 0.158. The van der Waals surface area contributed by atoms with Crippen molar-refractivity contribution in [2.45, 2.75) is 13.8 Å². The predicted molar refractivity (Wildman–Crippen MR) is 99.9 cm³/mol. The fourth-order valence-corrected chi connectivity index (χ4v) is 2.23. The van der Waals surface area contributed by atoms with E-state index in [-0.39, 0.29) is 5.57 Å². The topological polar surface area (TPSA) is 74.1 Å². The molecule has 0 saturated heterocycles. The molecule has 2 aromatic rings. The molecule has 0 aromatic heterocycles. The zero-order valence-electron chi connectivity index (χ0n) is 14.2. The van der Waals surface area contributed by atoms with Crippen molar-refractivity contribution in [3.8, 4) is 11.8 Å². The normalized spacial score (nSPS) is 10.8. The van der Waals surface area contributed by atoms with E-state index in [2.05, 4.69) is 10.6 Å². The van der Waals surface area contributed by atoms with Gasteiger partial charge in [0.2, 0.25) is 0 Å². The molecule has 0 aliphatic carbocycles. The molecule has 0 bridgehead atoms. The first-order valence-electron chi connectivity index (χ1n) is 7.53. The van der Waals surface area contributed by atoms with E-state index in [9.17, 15) is 10.1 Å². The summed E-state index contributed by atoms with van der Waals surface area (Å²) < 4.78 is 5.25. The summed E-state index contributed by atoms with van der Waals surface area (Å²) in [6, 6.07) is 12.7. The van der Waals surface area contributed by atoms with Crippen molar-refractivity contribution >= 4 is 28.9 Å². The number of carbonyl (C=O) groups excluding carboxylic acids is 1. The fourth-order valence-electron chi connectivity index (χ4n) is 2.08. The molecule has 25 heavy (non-hydrogen) atoms. The van der Waals surface area contributed by atoms with Gasteiger partial charge < -0.3 is 15.4 Å². The largest absolute Gasteiger partial charge is 0.495 e. The van der Waals surface area contributed by atoms with E-state index in [0.717, 1.165) is 11.1 Å². The van der Waals surface area contributed by atoms with Gasteiger partial charge in [0.05, 0.1) is 12.8 Å². The number of carbonyl (C=O) groups is 1. The Labute approximate surface area is 151 Å². The van der Waals surface area contributed by atoms with E-state index < -0.39 is 5.91 Å². The molecule has 0 heterocycles. The number of anilines is 2. The number of rotatable bonds is 5. The number of hydrogen-bond acceptors (Lipinski definition) is 4. The molecule has 0 radical (unpaired) electrons. The average molecular weight is 356 g/mol. The maximum absolute atomic E-state index is 12.2. The van der Waals surface area contributed by atoms with Gasteiger partial charge in [0, 0.05) is 23.0 Å². The minimum absolute atomic E-state index is 0.0600. The summed E-state index contributed by atoms with van der Waals surface area (Å²) in [6.07, 6.45) is 1.34. The number of halogens is 1. The molecule has 5 nitrogen and oxygen atoms in total. The van der Waals surface area contributed by atoms with Gasteiger partial charge in [-0.25, -0.2) is 0 Å². The molecule has 128 valence electrons. The van der Waals surface area contributed by atoms with Gasteiger partial charge in [0.1, 0.15) is 17.4 Å². The van der Waals surface area contributed by atoms with Crippen molar-refractivity contribution in [1.29, 1.82) is 5.26 Å². The van der Waals surface area contributed by atoms with Crippen LogP contribution in [0.3, 0.4) is 0 Å². The Bertz CT molecular complexity index is 852. The Morgan fingerprint density at radius 3 is 2.52 bits per heavy atom. The number of nitrogens with zero attached hydrogens (tertiary/aromatic N) is 1. The standard InChI is InChI=1S/C19H18ClN3O2/c1-12-4-6-15(7-5-12)23-19(24)14(10-21)11-22-17-8-13(2)16(20)9-18(17)25-3/h4-9,11,22H,1-3H3,(H,23,24)/b14-11-. The zero-order valence-corrected chi connectivity index (χ0v) is 14.9. The first kappa shape index (κ1) is 18.4. The van der Waals surface area contributed by atoms with E-state index in [1.165, 1.54) is 13.3 Å². The number of methoxy groups -OCH3 is 1. The molecule has 0 saturated carbocycles. The lowest BCUT2D eigenvalue weighted by molar-refractivity contribution is -0.112. The molecule has 2 rings (SSSR count). The van der Waals surface area contributed by atoms with Crippen molar-refractivity contribution in [2.24, 2.45) is 0 Å². The first-order chi connectivity index (χ1) is 11.9. The van der Waals surface area contributed by atoms with E-state index in [1.807, 2.05) is 32.0 Å². The van der Waals surface area contributed by atoms with Crippen LogP contribution in [0.2, 0.25) is 5.02 Å². The third-order valence-electron chi connectivity index (χ3n) is 3.53. The van der Waals surface area contributed by atoms with Crippen LogP contribution in [0.4, 0.5) is 11.4 Å². The maximum Gasteiger partial charge on any atom is 0.267 e. The summed E-state index contributed by atoms with van der Waals surface area (Å²) in [7, 11) is 1.52. The van der Waals surface area contributed by atoms with E-state index in [1.54, 1.807) is 24.3 Å². The van der Waals surface area contributed by atoms with Crippen molar-refractivity contribution in [2.75, 3.05) is 17.7 Å². The Kier molecular flexibility index (Phi) is 6.04. The van der Waals surface area contributed by atoms with Crippen LogP contribution in [0.15, 0.2) is 48.2 Å². The van der Waals surface area contributed by atoms with Gasteiger partial charge in [-0.05, 0) is 37.6 Å². The Morgan fingerprint density at radius 1 is 1.24 bits per heavy atom. The number of ether oxygens (including phenoxy) is 1. The van der Waals surface area contributed by atoms with Gasteiger partial charge in [0.15, 0.2) is 0 Å². The van der Waals surface area contributed by atoms with E-state index >= 15 is 0 Å². The SMILES string of the molecule is COc1cc(Cl)c(C)cc1N/C=C(/C#N)C(=O)Nc1ccc(C)cc1. The lowest BCUT2D eigenvalue weighted by Crippen LogP contribution is -2.14. The molecule has 0 unspecified atom stereocenters. The number of benzene rings is 2. The minimum atomic E-state index is -0.497. The van der Waals surface area contributed by atoms with Crippen LogP contribution in [-0.4, -0.2) is 13.0 Å². The lowest BCUT2D eigenvalue weighted by atomic mass is 10.2.